The van der Waals surface area contributed by atoms with Crippen molar-refractivity contribution in [3.05, 3.63) is 21.4 Å². The Hall–Kier alpha value is -1.36. The number of hydrogen-bond acceptors (Lipinski definition) is 3. The highest BCUT2D eigenvalue weighted by Crippen LogP contribution is 2.22. The first-order valence-corrected chi connectivity index (χ1v) is 7.44. The molecule has 0 aliphatic carbocycles. The minimum atomic E-state index is -0.967. The van der Waals surface area contributed by atoms with E-state index in [-0.39, 0.29) is 5.91 Å². The summed E-state index contributed by atoms with van der Waals surface area (Å²) in [5, 5.41) is 11.7. The van der Waals surface area contributed by atoms with Crippen molar-refractivity contribution in [2.24, 2.45) is 0 Å². The van der Waals surface area contributed by atoms with Gasteiger partial charge in [0.25, 0.3) is 5.91 Å². The minimum Gasteiger partial charge on any atom is -0.480 e. The molecule has 4 nitrogen and oxygen atoms in total. The van der Waals surface area contributed by atoms with Crippen molar-refractivity contribution >= 4 is 23.2 Å². The van der Waals surface area contributed by atoms with E-state index in [2.05, 4.69) is 5.32 Å². The van der Waals surface area contributed by atoms with Crippen molar-refractivity contribution in [2.75, 3.05) is 0 Å². The number of carbonyl (C=O) groups is 2. The number of amides is 1. The fourth-order valence-electron chi connectivity index (χ4n) is 1.88. The third kappa shape index (κ3) is 4.35. The lowest BCUT2D eigenvalue weighted by molar-refractivity contribution is -0.139. The first-order chi connectivity index (χ1) is 8.99. The van der Waals surface area contributed by atoms with Gasteiger partial charge in [-0.05, 0) is 31.4 Å². The lowest BCUT2D eigenvalue weighted by atomic mass is 10.1. The molecule has 5 heteroatoms. The van der Waals surface area contributed by atoms with Gasteiger partial charge in [0.2, 0.25) is 0 Å². The zero-order chi connectivity index (χ0) is 14.4. The molecular formula is C14H21NO3S. The summed E-state index contributed by atoms with van der Waals surface area (Å²) in [6.07, 6.45) is 3.07. The molecule has 1 heterocycles. The van der Waals surface area contributed by atoms with E-state index in [0.717, 1.165) is 24.8 Å². The number of thiophene rings is 1. The molecule has 1 unspecified atom stereocenters. The summed E-state index contributed by atoms with van der Waals surface area (Å²) in [6.45, 7) is 6.01. The second kappa shape index (κ2) is 7.28. The van der Waals surface area contributed by atoms with Crippen LogP contribution >= 0.6 is 11.3 Å². The number of carboxylic acids is 1. The van der Waals surface area contributed by atoms with Crippen LogP contribution in [-0.2, 0) is 11.2 Å². The van der Waals surface area contributed by atoms with E-state index in [1.54, 1.807) is 0 Å². The van der Waals surface area contributed by atoms with Gasteiger partial charge in [-0.3, -0.25) is 4.79 Å². The zero-order valence-electron chi connectivity index (χ0n) is 11.7. The van der Waals surface area contributed by atoms with E-state index in [9.17, 15) is 9.59 Å². The zero-order valence-corrected chi connectivity index (χ0v) is 12.5. The van der Waals surface area contributed by atoms with Gasteiger partial charge >= 0.3 is 5.97 Å². The fraction of sp³-hybridized carbons (Fsp3) is 0.571. The molecule has 1 amide bonds. The van der Waals surface area contributed by atoms with Gasteiger partial charge in [-0.2, -0.15) is 0 Å². The second-order valence-electron chi connectivity index (χ2n) is 4.58. The van der Waals surface area contributed by atoms with Gasteiger partial charge in [0.1, 0.15) is 6.04 Å². The van der Waals surface area contributed by atoms with Gasteiger partial charge in [-0.25, -0.2) is 4.79 Å². The summed E-state index contributed by atoms with van der Waals surface area (Å²) < 4.78 is 0. The lowest BCUT2D eigenvalue weighted by Gasteiger charge is -2.13. The monoisotopic (exact) mass is 283 g/mol. The third-order valence-corrected chi connectivity index (χ3v) is 4.40. The highest BCUT2D eigenvalue weighted by molar-refractivity contribution is 7.14. The molecule has 1 aromatic heterocycles. The quantitative estimate of drug-likeness (QED) is 0.808. The molecule has 0 fully saturated rings. The number of unbranched alkanes of at least 4 members (excludes halogenated alkanes) is 1. The Labute approximate surface area is 117 Å². The van der Waals surface area contributed by atoms with Crippen LogP contribution in [0.3, 0.4) is 0 Å². The van der Waals surface area contributed by atoms with E-state index in [1.165, 1.54) is 16.2 Å². The Balaban J connectivity index is 2.72. The van der Waals surface area contributed by atoms with E-state index in [0.29, 0.717) is 11.3 Å². The highest BCUT2D eigenvalue weighted by Gasteiger charge is 2.21. The number of aliphatic carboxylic acids is 1. The fourth-order valence-corrected chi connectivity index (χ4v) is 2.89. The Kier molecular flexibility index (Phi) is 6.02. The van der Waals surface area contributed by atoms with Gasteiger partial charge < -0.3 is 10.4 Å². The predicted octanol–water partition coefficient (Wildman–Crippen LogP) is 2.99. The minimum absolute atomic E-state index is 0.281. The van der Waals surface area contributed by atoms with Gasteiger partial charge in [0, 0.05) is 4.88 Å². The maximum absolute atomic E-state index is 12.0. The number of aryl methyl sites for hydroxylation is 2. The smallest absolute Gasteiger partial charge is 0.326 e. The van der Waals surface area contributed by atoms with Crippen molar-refractivity contribution in [3.8, 4) is 0 Å². The summed E-state index contributed by atoms with van der Waals surface area (Å²) >= 11 is 1.44. The van der Waals surface area contributed by atoms with Crippen LogP contribution in [-0.4, -0.2) is 23.0 Å². The van der Waals surface area contributed by atoms with Gasteiger partial charge in [0.15, 0.2) is 0 Å². The molecule has 0 aliphatic rings. The summed E-state index contributed by atoms with van der Waals surface area (Å²) in [5.41, 5.74) is 1.10. The Morgan fingerprint density at radius 3 is 2.58 bits per heavy atom. The topological polar surface area (TPSA) is 66.4 Å². The maximum Gasteiger partial charge on any atom is 0.326 e. The molecule has 0 saturated heterocycles. The number of nitrogens with one attached hydrogen (secondary N) is 1. The van der Waals surface area contributed by atoms with Gasteiger partial charge in [-0.15, -0.1) is 11.3 Å². The summed E-state index contributed by atoms with van der Waals surface area (Å²) in [4.78, 5) is 24.9. The summed E-state index contributed by atoms with van der Waals surface area (Å²) in [7, 11) is 0. The van der Waals surface area contributed by atoms with Crippen LogP contribution in [0.5, 0.6) is 0 Å². The van der Waals surface area contributed by atoms with E-state index >= 15 is 0 Å². The van der Waals surface area contributed by atoms with Crippen molar-refractivity contribution in [2.45, 2.75) is 52.5 Å². The van der Waals surface area contributed by atoms with Crippen molar-refractivity contribution < 1.29 is 14.7 Å². The number of hydrogen-bond donors (Lipinski definition) is 2. The van der Waals surface area contributed by atoms with Gasteiger partial charge in [0.05, 0.1) is 4.88 Å². The molecule has 1 rings (SSSR count). The molecule has 0 aromatic carbocycles. The Morgan fingerprint density at radius 1 is 1.42 bits per heavy atom. The molecule has 106 valence electrons. The highest BCUT2D eigenvalue weighted by atomic mass is 32.1. The van der Waals surface area contributed by atoms with Crippen LogP contribution in [0.2, 0.25) is 0 Å². The van der Waals surface area contributed by atoms with Gasteiger partial charge in [-0.1, -0.05) is 26.7 Å². The van der Waals surface area contributed by atoms with Crippen molar-refractivity contribution in [3.63, 3.8) is 0 Å². The van der Waals surface area contributed by atoms with Crippen LogP contribution < -0.4 is 5.32 Å². The summed E-state index contributed by atoms with van der Waals surface area (Å²) in [6, 6.07) is 1.04. The Bertz CT molecular complexity index is 454. The molecule has 19 heavy (non-hydrogen) atoms. The predicted molar refractivity (Wildman–Crippen MR) is 76.8 cm³/mol. The standard InChI is InChI=1S/C14H21NO3S/c1-4-6-7-10(14(17)18)15-13(16)12-8-9(3)11(5-2)19-12/h8,10H,4-7H2,1-3H3,(H,15,16)(H,17,18). The largest absolute Gasteiger partial charge is 0.480 e. The molecule has 0 radical (unpaired) electrons. The van der Waals surface area contributed by atoms with Crippen LogP contribution in [0.1, 0.15) is 53.2 Å². The number of rotatable bonds is 7. The van der Waals surface area contributed by atoms with Crippen molar-refractivity contribution in [1.82, 2.24) is 5.32 Å². The number of carbonyl (C=O) groups excluding carboxylic acids is 1. The molecule has 0 aliphatic heterocycles. The normalized spacial score (nSPS) is 12.2. The van der Waals surface area contributed by atoms with Crippen molar-refractivity contribution in [1.29, 1.82) is 0 Å². The van der Waals surface area contributed by atoms with Crippen LogP contribution in [0, 0.1) is 6.92 Å². The Morgan fingerprint density at radius 2 is 2.11 bits per heavy atom. The molecule has 1 atom stereocenters. The van der Waals surface area contributed by atoms with Crippen LogP contribution in [0.15, 0.2) is 6.07 Å². The van der Waals surface area contributed by atoms with E-state index in [4.69, 9.17) is 5.11 Å². The average molecular weight is 283 g/mol. The van der Waals surface area contributed by atoms with E-state index < -0.39 is 12.0 Å². The van der Waals surface area contributed by atoms with E-state index in [1.807, 2.05) is 26.8 Å². The molecule has 0 spiro atoms. The SMILES string of the molecule is CCCCC(NC(=O)c1cc(C)c(CC)s1)C(=O)O. The first kappa shape index (κ1) is 15.7. The molecule has 1 aromatic rings. The van der Waals surface area contributed by atoms with Crippen LogP contribution in [0.4, 0.5) is 0 Å². The lowest BCUT2D eigenvalue weighted by Crippen LogP contribution is -2.40. The number of carboxylic acid groups (broad SMARTS) is 1. The average Bonchev–Trinajstić information content (AvgIpc) is 2.75. The molecule has 0 saturated carbocycles. The molecular weight excluding hydrogens is 262 g/mol. The first-order valence-electron chi connectivity index (χ1n) is 6.62. The maximum atomic E-state index is 12.0. The summed E-state index contributed by atoms with van der Waals surface area (Å²) in [5.74, 6) is -1.25. The second-order valence-corrected chi connectivity index (χ2v) is 5.71. The molecule has 0 bridgehead atoms. The third-order valence-electron chi connectivity index (χ3n) is 3.02. The molecule has 2 N–H and O–H groups in total. The van der Waals surface area contributed by atoms with Crippen LogP contribution in [0.25, 0.3) is 0 Å².